The number of benzene rings is 1. The molecule has 0 radical (unpaired) electrons. The van der Waals surface area contributed by atoms with E-state index in [2.05, 4.69) is 20.5 Å². The summed E-state index contributed by atoms with van der Waals surface area (Å²) in [6, 6.07) is 8.06. The fourth-order valence-corrected chi connectivity index (χ4v) is 3.55. The number of imidazole rings is 1. The van der Waals surface area contributed by atoms with Crippen molar-refractivity contribution in [2.45, 2.75) is 45.7 Å². The maximum Gasteiger partial charge on any atom is 0.287 e. The number of carbonyl (C=O) groups is 2. The van der Waals surface area contributed by atoms with E-state index < -0.39 is 0 Å². The van der Waals surface area contributed by atoms with Crippen LogP contribution in [0, 0.1) is 6.92 Å². The molecule has 2 heterocycles. The van der Waals surface area contributed by atoms with Crippen molar-refractivity contribution >= 4 is 11.8 Å². The molecule has 0 spiro atoms. The first-order valence-corrected chi connectivity index (χ1v) is 10.3. The Morgan fingerprint density at radius 1 is 1.10 bits per heavy atom. The maximum atomic E-state index is 12.8. The van der Waals surface area contributed by atoms with Crippen LogP contribution >= 0.6 is 0 Å². The minimum absolute atomic E-state index is 0.188. The van der Waals surface area contributed by atoms with Gasteiger partial charge in [-0.3, -0.25) is 9.59 Å². The molecule has 2 aromatic rings. The lowest BCUT2D eigenvalue weighted by Crippen LogP contribution is -2.28. The molecule has 29 heavy (non-hydrogen) atoms. The predicted molar refractivity (Wildman–Crippen MR) is 113 cm³/mol. The minimum atomic E-state index is -0.236. The normalized spacial score (nSPS) is 13.2. The van der Waals surface area contributed by atoms with Gasteiger partial charge in [0.05, 0.1) is 5.69 Å². The van der Waals surface area contributed by atoms with Crippen molar-refractivity contribution in [1.29, 1.82) is 0 Å². The molecule has 1 aromatic heterocycles. The molecule has 0 fully saturated rings. The molecule has 7 nitrogen and oxygen atoms in total. The van der Waals surface area contributed by atoms with Gasteiger partial charge >= 0.3 is 0 Å². The molecule has 156 valence electrons. The van der Waals surface area contributed by atoms with Gasteiger partial charge in [-0.1, -0.05) is 29.8 Å². The van der Waals surface area contributed by atoms with Crippen LogP contribution in [-0.4, -0.2) is 53.5 Å². The quantitative estimate of drug-likeness (QED) is 0.669. The van der Waals surface area contributed by atoms with Gasteiger partial charge in [-0.2, -0.15) is 0 Å². The number of aromatic nitrogens is 2. The van der Waals surface area contributed by atoms with Gasteiger partial charge in [0.25, 0.3) is 11.8 Å². The highest BCUT2D eigenvalue weighted by Gasteiger charge is 2.27. The third kappa shape index (κ3) is 5.44. The molecular formula is C22H31N5O2. The van der Waals surface area contributed by atoms with E-state index in [1.165, 1.54) is 5.56 Å². The highest BCUT2D eigenvalue weighted by molar-refractivity contribution is 5.97. The van der Waals surface area contributed by atoms with Crippen LogP contribution in [0.2, 0.25) is 0 Å². The second-order valence-corrected chi connectivity index (χ2v) is 7.92. The van der Waals surface area contributed by atoms with E-state index in [4.69, 9.17) is 0 Å². The number of fused-ring (bicyclic) bond motifs is 1. The molecule has 0 atom stereocenters. The van der Waals surface area contributed by atoms with Gasteiger partial charge in [-0.05, 0) is 58.8 Å². The second-order valence-electron chi connectivity index (χ2n) is 7.92. The van der Waals surface area contributed by atoms with E-state index in [-0.39, 0.29) is 11.8 Å². The summed E-state index contributed by atoms with van der Waals surface area (Å²) in [6.07, 6.45) is 3.65. The molecule has 0 unspecified atom stereocenters. The number of nitrogens with one attached hydrogen (secondary N) is 2. The lowest BCUT2D eigenvalue weighted by atomic mass is 10.1. The molecule has 0 aliphatic carbocycles. The average molecular weight is 398 g/mol. The molecule has 1 aliphatic heterocycles. The van der Waals surface area contributed by atoms with E-state index >= 15 is 0 Å². The fourth-order valence-electron chi connectivity index (χ4n) is 3.55. The van der Waals surface area contributed by atoms with Crippen LogP contribution in [0.15, 0.2) is 24.3 Å². The zero-order valence-electron chi connectivity index (χ0n) is 17.6. The van der Waals surface area contributed by atoms with E-state index in [1.807, 2.05) is 49.9 Å². The molecule has 2 N–H and O–H groups in total. The summed E-state index contributed by atoms with van der Waals surface area (Å²) in [4.78, 5) is 32.0. The van der Waals surface area contributed by atoms with Crippen LogP contribution < -0.4 is 10.6 Å². The lowest BCUT2D eigenvalue weighted by Gasteiger charge is -2.17. The molecule has 2 amide bonds. The summed E-state index contributed by atoms with van der Waals surface area (Å²) in [5.74, 6) is -0.0855. The monoisotopic (exact) mass is 397 g/mol. The topological polar surface area (TPSA) is 79.3 Å². The van der Waals surface area contributed by atoms with Crippen LogP contribution in [0.25, 0.3) is 0 Å². The molecule has 1 aliphatic rings. The SMILES string of the molecule is Cc1ccc(CNC(=O)c2nc(C(=O)NCCCN(C)C)c3n2CCCC3)cc1. The van der Waals surface area contributed by atoms with Gasteiger partial charge in [0.1, 0.15) is 5.69 Å². The fraction of sp³-hybridized carbons (Fsp3) is 0.500. The standard InChI is InChI=1S/C22H31N5O2/c1-16-8-10-17(11-9-16)15-24-22(29)20-25-19(18-7-4-5-14-27(18)20)21(28)23-12-6-13-26(2)3/h8-11H,4-7,12-15H2,1-3H3,(H,23,28)(H,24,29). The smallest absolute Gasteiger partial charge is 0.287 e. The van der Waals surface area contributed by atoms with E-state index in [0.717, 1.165) is 50.0 Å². The molecule has 3 rings (SSSR count). The van der Waals surface area contributed by atoms with Gasteiger partial charge in [-0.25, -0.2) is 4.98 Å². The Hall–Kier alpha value is -2.67. The number of carbonyl (C=O) groups excluding carboxylic acids is 2. The number of hydrogen-bond acceptors (Lipinski definition) is 4. The Labute approximate surface area is 172 Å². The predicted octanol–water partition coefficient (Wildman–Crippen LogP) is 2.14. The Balaban J connectivity index is 1.69. The van der Waals surface area contributed by atoms with Crippen LogP contribution in [-0.2, 0) is 19.5 Å². The van der Waals surface area contributed by atoms with Crippen LogP contribution in [0.3, 0.4) is 0 Å². The summed E-state index contributed by atoms with van der Waals surface area (Å²) in [7, 11) is 4.02. The van der Waals surface area contributed by atoms with Crippen LogP contribution in [0.5, 0.6) is 0 Å². The van der Waals surface area contributed by atoms with Gasteiger partial charge in [0, 0.05) is 19.6 Å². The molecule has 0 bridgehead atoms. The molecule has 7 heteroatoms. The third-order valence-corrected chi connectivity index (χ3v) is 5.18. The third-order valence-electron chi connectivity index (χ3n) is 5.18. The second kappa shape index (κ2) is 9.69. The molecule has 0 saturated heterocycles. The first-order chi connectivity index (χ1) is 14.0. The highest BCUT2D eigenvalue weighted by Crippen LogP contribution is 2.21. The number of hydrogen-bond donors (Lipinski definition) is 2. The summed E-state index contributed by atoms with van der Waals surface area (Å²) in [5, 5.41) is 5.89. The molecular weight excluding hydrogens is 366 g/mol. The van der Waals surface area contributed by atoms with E-state index in [9.17, 15) is 9.59 Å². The summed E-state index contributed by atoms with van der Waals surface area (Å²) < 4.78 is 1.92. The Morgan fingerprint density at radius 2 is 1.86 bits per heavy atom. The van der Waals surface area contributed by atoms with Crippen molar-refractivity contribution < 1.29 is 9.59 Å². The summed E-state index contributed by atoms with van der Waals surface area (Å²) in [6.45, 7) is 4.70. The van der Waals surface area contributed by atoms with E-state index in [1.54, 1.807) is 0 Å². The van der Waals surface area contributed by atoms with Crippen LogP contribution in [0.1, 0.15) is 57.2 Å². The Kier molecular flexibility index (Phi) is 7.04. The molecule has 0 saturated carbocycles. The van der Waals surface area contributed by atoms with Crippen molar-refractivity contribution in [2.24, 2.45) is 0 Å². The molecule has 1 aromatic carbocycles. The van der Waals surface area contributed by atoms with E-state index in [0.29, 0.717) is 24.6 Å². The Morgan fingerprint density at radius 3 is 2.59 bits per heavy atom. The highest BCUT2D eigenvalue weighted by atomic mass is 16.2. The zero-order chi connectivity index (χ0) is 20.8. The maximum absolute atomic E-state index is 12.8. The average Bonchev–Trinajstić information content (AvgIpc) is 3.10. The van der Waals surface area contributed by atoms with Gasteiger partial charge in [-0.15, -0.1) is 0 Å². The lowest BCUT2D eigenvalue weighted by molar-refractivity contribution is 0.0935. The first-order valence-electron chi connectivity index (χ1n) is 10.3. The van der Waals surface area contributed by atoms with Crippen molar-refractivity contribution in [1.82, 2.24) is 25.1 Å². The van der Waals surface area contributed by atoms with Crippen LogP contribution in [0.4, 0.5) is 0 Å². The van der Waals surface area contributed by atoms with Gasteiger partial charge in [0.15, 0.2) is 5.82 Å². The van der Waals surface area contributed by atoms with Crippen molar-refractivity contribution in [3.8, 4) is 0 Å². The van der Waals surface area contributed by atoms with Gasteiger partial charge in [0.2, 0.25) is 0 Å². The zero-order valence-corrected chi connectivity index (χ0v) is 17.6. The Bertz CT molecular complexity index is 855. The number of nitrogens with zero attached hydrogens (tertiary/aromatic N) is 3. The number of rotatable bonds is 8. The van der Waals surface area contributed by atoms with Crippen molar-refractivity contribution in [3.63, 3.8) is 0 Å². The first kappa shape index (κ1) is 21.0. The van der Waals surface area contributed by atoms with Crippen molar-refractivity contribution in [2.75, 3.05) is 27.2 Å². The largest absolute Gasteiger partial charge is 0.351 e. The summed E-state index contributed by atoms with van der Waals surface area (Å²) >= 11 is 0. The number of amides is 2. The van der Waals surface area contributed by atoms with Gasteiger partial charge < -0.3 is 20.1 Å². The number of aryl methyl sites for hydroxylation is 1. The van der Waals surface area contributed by atoms with Crippen molar-refractivity contribution in [3.05, 3.63) is 52.6 Å². The summed E-state index contributed by atoms with van der Waals surface area (Å²) in [5.41, 5.74) is 3.49. The minimum Gasteiger partial charge on any atom is -0.351 e.